The SMILES string of the molecule is O=C(N[C@H]1CCOC2(CCCCC2)C1)[C@H]1CCCN(C(=O)C2CC2)C1. The molecule has 25 heavy (non-hydrogen) atoms. The molecule has 0 aromatic rings. The van der Waals surface area contributed by atoms with E-state index in [0.717, 1.165) is 64.5 Å². The standard InChI is InChI=1S/C20H32N2O3/c23-18(16-5-4-11-22(14-16)19(24)15-6-7-15)21-17-8-12-25-20(13-17)9-2-1-3-10-20/h15-17H,1-14H2,(H,21,23)/t16-,17-/m0/s1. The zero-order valence-corrected chi connectivity index (χ0v) is 15.3. The number of ether oxygens (including phenoxy) is 1. The highest BCUT2D eigenvalue weighted by molar-refractivity contribution is 5.83. The smallest absolute Gasteiger partial charge is 0.225 e. The van der Waals surface area contributed by atoms with Gasteiger partial charge in [-0.1, -0.05) is 19.3 Å². The molecular weight excluding hydrogens is 316 g/mol. The molecule has 4 fully saturated rings. The van der Waals surface area contributed by atoms with Crippen LogP contribution in [0.3, 0.4) is 0 Å². The molecule has 2 saturated carbocycles. The lowest BCUT2D eigenvalue weighted by atomic mass is 9.78. The molecule has 2 aliphatic carbocycles. The summed E-state index contributed by atoms with van der Waals surface area (Å²) in [5.74, 6) is 0.668. The molecule has 4 rings (SSSR count). The third-order valence-electron chi connectivity index (χ3n) is 6.63. The Bertz CT molecular complexity index is 506. The monoisotopic (exact) mass is 348 g/mol. The summed E-state index contributed by atoms with van der Waals surface area (Å²) in [4.78, 5) is 27.0. The quantitative estimate of drug-likeness (QED) is 0.853. The third-order valence-corrected chi connectivity index (χ3v) is 6.63. The highest BCUT2D eigenvalue weighted by Gasteiger charge is 2.40. The molecule has 4 aliphatic rings. The van der Waals surface area contributed by atoms with E-state index >= 15 is 0 Å². The number of hydrogen-bond donors (Lipinski definition) is 1. The fourth-order valence-electron chi connectivity index (χ4n) is 4.99. The van der Waals surface area contributed by atoms with Gasteiger partial charge in [-0.25, -0.2) is 0 Å². The first kappa shape index (κ1) is 17.3. The van der Waals surface area contributed by atoms with Crippen LogP contribution in [0.2, 0.25) is 0 Å². The lowest BCUT2D eigenvalue weighted by Gasteiger charge is -2.44. The second-order valence-corrected chi connectivity index (χ2v) is 8.69. The second kappa shape index (κ2) is 7.26. The number of likely N-dealkylation sites (tertiary alicyclic amines) is 1. The molecule has 1 N–H and O–H groups in total. The van der Waals surface area contributed by atoms with Gasteiger partial charge in [0.05, 0.1) is 11.5 Å². The van der Waals surface area contributed by atoms with Crippen molar-refractivity contribution in [1.82, 2.24) is 10.2 Å². The van der Waals surface area contributed by atoms with E-state index in [2.05, 4.69) is 5.32 Å². The van der Waals surface area contributed by atoms with E-state index in [1.54, 1.807) is 0 Å². The van der Waals surface area contributed by atoms with Crippen LogP contribution in [-0.4, -0.2) is 48.1 Å². The topological polar surface area (TPSA) is 58.6 Å². The maximum absolute atomic E-state index is 12.8. The van der Waals surface area contributed by atoms with Gasteiger partial charge in [0.25, 0.3) is 0 Å². The number of hydrogen-bond acceptors (Lipinski definition) is 3. The summed E-state index contributed by atoms with van der Waals surface area (Å²) >= 11 is 0. The van der Waals surface area contributed by atoms with Crippen molar-refractivity contribution in [2.45, 2.75) is 82.3 Å². The van der Waals surface area contributed by atoms with Gasteiger partial charge < -0.3 is 15.0 Å². The minimum atomic E-state index is -0.0263. The summed E-state index contributed by atoms with van der Waals surface area (Å²) < 4.78 is 6.14. The van der Waals surface area contributed by atoms with Gasteiger partial charge in [-0.2, -0.15) is 0 Å². The molecule has 2 aliphatic heterocycles. The van der Waals surface area contributed by atoms with Crippen LogP contribution in [0, 0.1) is 11.8 Å². The lowest BCUT2D eigenvalue weighted by Crippen LogP contribution is -2.52. The average molecular weight is 348 g/mol. The molecule has 5 heteroatoms. The lowest BCUT2D eigenvalue weighted by molar-refractivity contribution is -0.138. The maximum Gasteiger partial charge on any atom is 0.225 e. The third kappa shape index (κ3) is 4.02. The van der Waals surface area contributed by atoms with Crippen molar-refractivity contribution in [2.24, 2.45) is 11.8 Å². The van der Waals surface area contributed by atoms with E-state index in [0.29, 0.717) is 6.54 Å². The minimum absolute atomic E-state index is 0.0228. The number of rotatable bonds is 3. The molecule has 0 bridgehead atoms. The Labute approximate surface area is 150 Å². The molecule has 2 atom stereocenters. The molecule has 140 valence electrons. The Morgan fingerprint density at radius 2 is 1.76 bits per heavy atom. The second-order valence-electron chi connectivity index (χ2n) is 8.69. The average Bonchev–Trinajstić information content (AvgIpc) is 3.47. The Hall–Kier alpha value is -1.10. The van der Waals surface area contributed by atoms with Crippen molar-refractivity contribution in [3.05, 3.63) is 0 Å². The number of nitrogens with zero attached hydrogens (tertiary/aromatic N) is 1. The Morgan fingerprint density at radius 1 is 0.960 bits per heavy atom. The van der Waals surface area contributed by atoms with Crippen LogP contribution in [0.15, 0.2) is 0 Å². The van der Waals surface area contributed by atoms with Gasteiger partial charge in [-0.15, -0.1) is 0 Å². The van der Waals surface area contributed by atoms with Gasteiger partial charge in [0.2, 0.25) is 11.8 Å². The van der Waals surface area contributed by atoms with Crippen molar-refractivity contribution in [3.8, 4) is 0 Å². The van der Waals surface area contributed by atoms with Crippen molar-refractivity contribution in [2.75, 3.05) is 19.7 Å². The normalized spacial score (nSPS) is 32.4. The minimum Gasteiger partial charge on any atom is -0.375 e. The summed E-state index contributed by atoms with van der Waals surface area (Å²) in [6, 6.07) is 0.244. The van der Waals surface area contributed by atoms with Gasteiger partial charge in [-0.3, -0.25) is 9.59 Å². The van der Waals surface area contributed by atoms with Gasteiger partial charge >= 0.3 is 0 Å². The number of carbonyl (C=O) groups is 2. The molecule has 2 heterocycles. The molecule has 5 nitrogen and oxygen atoms in total. The van der Waals surface area contributed by atoms with Crippen molar-refractivity contribution >= 4 is 11.8 Å². The fourth-order valence-corrected chi connectivity index (χ4v) is 4.99. The van der Waals surface area contributed by atoms with E-state index in [-0.39, 0.29) is 35.3 Å². The van der Waals surface area contributed by atoms with Gasteiger partial charge in [-0.05, 0) is 51.4 Å². The predicted molar refractivity (Wildman–Crippen MR) is 95.0 cm³/mol. The van der Waals surface area contributed by atoms with Crippen LogP contribution in [-0.2, 0) is 14.3 Å². The Kier molecular flexibility index (Phi) is 5.03. The molecule has 2 amide bonds. The summed E-state index contributed by atoms with van der Waals surface area (Å²) in [5.41, 5.74) is 0.0228. The van der Waals surface area contributed by atoms with Gasteiger partial charge in [0, 0.05) is 31.7 Å². The molecule has 1 spiro atoms. The molecule has 0 unspecified atom stereocenters. The van der Waals surface area contributed by atoms with Crippen molar-refractivity contribution in [1.29, 1.82) is 0 Å². The van der Waals surface area contributed by atoms with Gasteiger partial charge in [0.1, 0.15) is 0 Å². The van der Waals surface area contributed by atoms with Crippen LogP contribution in [0.4, 0.5) is 0 Å². The fraction of sp³-hybridized carbons (Fsp3) is 0.900. The first-order valence-corrected chi connectivity index (χ1v) is 10.4. The van der Waals surface area contributed by atoms with E-state index in [9.17, 15) is 9.59 Å². The maximum atomic E-state index is 12.8. The summed E-state index contributed by atoms with van der Waals surface area (Å²) in [5, 5.41) is 3.31. The van der Waals surface area contributed by atoms with Crippen LogP contribution in [0.25, 0.3) is 0 Å². The van der Waals surface area contributed by atoms with Gasteiger partial charge in [0.15, 0.2) is 0 Å². The summed E-state index contributed by atoms with van der Waals surface area (Å²) in [6.07, 6.45) is 11.9. The summed E-state index contributed by atoms with van der Waals surface area (Å²) in [6.45, 7) is 2.22. The first-order valence-electron chi connectivity index (χ1n) is 10.4. The Balaban J connectivity index is 1.30. The number of carbonyl (C=O) groups excluding carboxylic acids is 2. The van der Waals surface area contributed by atoms with Crippen molar-refractivity contribution in [3.63, 3.8) is 0 Å². The largest absolute Gasteiger partial charge is 0.375 e. The zero-order valence-electron chi connectivity index (χ0n) is 15.3. The van der Waals surface area contributed by atoms with Crippen LogP contribution < -0.4 is 5.32 Å². The Morgan fingerprint density at radius 3 is 2.52 bits per heavy atom. The molecule has 2 saturated heterocycles. The van der Waals surface area contributed by atoms with Crippen LogP contribution in [0.1, 0.15) is 70.6 Å². The van der Waals surface area contributed by atoms with E-state index in [4.69, 9.17) is 4.74 Å². The molecule has 0 aromatic heterocycles. The number of amides is 2. The first-order chi connectivity index (χ1) is 12.2. The molecule has 0 aromatic carbocycles. The highest BCUT2D eigenvalue weighted by atomic mass is 16.5. The zero-order chi connectivity index (χ0) is 17.3. The molecular formula is C20H32N2O3. The highest BCUT2D eigenvalue weighted by Crippen LogP contribution is 2.38. The van der Waals surface area contributed by atoms with E-state index < -0.39 is 0 Å². The predicted octanol–water partition coefficient (Wildman–Crippen LogP) is 2.63. The number of piperidine rings is 1. The van der Waals surface area contributed by atoms with E-state index in [1.165, 1.54) is 19.3 Å². The molecule has 0 radical (unpaired) electrons. The summed E-state index contributed by atoms with van der Waals surface area (Å²) in [7, 11) is 0. The van der Waals surface area contributed by atoms with Crippen LogP contribution in [0.5, 0.6) is 0 Å². The van der Waals surface area contributed by atoms with E-state index in [1.807, 2.05) is 4.90 Å². The van der Waals surface area contributed by atoms with Crippen molar-refractivity contribution < 1.29 is 14.3 Å². The number of nitrogens with one attached hydrogen (secondary N) is 1. The van der Waals surface area contributed by atoms with Crippen LogP contribution >= 0.6 is 0 Å².